The van der Waals surface area contributed by atoms with Crippen LogP contribution in [0.4, 0.5) is 8.78 Å². The average Bonchev–Trinajstić information content (AvgIpc) is 4.41. The van der Waals surface area contributed by atoms with Crippen molar-refractivity contribution in [1.29, 1.82) is 0 Å². The van der Waals surface area contributed by atoms with E-state index in [0.717, 1.165) is 87.4 Å². The fourth-order valence-corrected chi connectivity index (χ4v) is 10.1. The summed E-state index contributed by atoms with van der Waals surface area (Å²) in [5.74, 6) is -0.326. The van der Waals surface area contributed by atoms with E-state index in [1.54, 1.807) is 89.1 Å². The van der Waals surface area contributed by atoms with Gasteiger partial charge in [-0.25, -0.2) is 8.78 Å². The molecule has 424 valence electrons. The number of carboxylic acids is 1. The van der Waals surface area contributed by atoms with Crippen LogP contribution in [0.5, 0.6) is 23.0 Å². The zero-order valence-corrected chi connectivity index (χ0v) is 46.4. The van der Waals surface area contributed by atoms with Crippen LogP contribution in [0.25, 0.3) is 34.7 Å². The molecule has 2 heterocycles. The number of benzene rings is 4. The van der Waals surface area contributed by atoms with Gasteiger partial charge in [-0.1, -0.05) is 100 Å². The Kier molecular flexibility index (Phi) is 21.6. The Labute approximate surface area is 466 Å². The van der Waals surface area contributed by atoms with Crippen molar-refractivity contribution in [2.24, 2.45) is 0 Å². The molecule has 4 N–H and O–H groups in total. The third kappa shape index (κ3) is 15.5. The van der Waals surface area contributed by atoms with Crippen LogP contribution in [0.1, 0.15) is 142 Å². The lowest BCUT2D eigenvalue weighted by molar-refractivity contribution is -0.137. The smallest absolute Gasteiger partial charge is 0.305 e. The van der Waals surface area contributed by atoms with E-state index in [-0.39, 0.29) is 65.8 Å². The molecule has 80 heavy (non-hydrogen) atoms. The molecule has 3 aliphatic rings. The first kappa shape index (κ1) is 59.4. The number of ether oxygens (including phenoxy) is 4. The van der Waals surface area contributed by atoms with Crippen LogP contribution in [0.3, 0.4) is 0 Å². The van der Waals surface area contributed by atoms with Gasteiger partial charge in [0, 0.05) is 6.04 Å². The summed E-state index contributed by atoms with van der Waals surface area (Å²) in [5.41, 5.74) is 4.75. The maximum absolute atomic E-state index is 13.6. The Morgan fingerprint density at radius 3 is 1.29 bits per heavy atom. The van der Waals surface area contributed by atoms with Gasteiger partial charge in [-0.05, 0) is 117 Å². The molecule has 0 spiro atoms. The number of rotatable bonds is 21. The topological polar surface area (TPSA) is 197 Å². The lowest BCUT2D eigenvalue weighted by Crippen LogP contribution is -2.43. The van der Waals surface area contributed by atoms with E-state index in [9.17, 15) is 33.1 Å². The number of hydrogen-bond donors (Lipinski definition) is 4. The van der Waals surface area contributed by atoms with Crippen molar-refractivity contribution in [3.05, 3.63) is 143 Å². The van der Waals surface area contributed by atoms with Gasteiger partial charge in [-0.3, -0.25) is 28.5 Å². The molecule has 3 aliphatic carbocycles. The molecule has 0 unspecified atom stereocenters. The van der Waals surface area contributed by atoms with E-state index >= 15 is 0 Å². The summed E-state index contributed by atoms with van der Waals surface area (Å²) < 4.78 is 52.9. The van der Waals surface area contributed by atoms with Crippen molar-refractivity contribution in [2.45, 2.75) is 128 Å². The highest BCUT2D eigenvalue weighted by Crippen LogP contribution is 2.43. The number of aliphatic carboxylic acids is 1. The monoisotopic (exact) mass is 1100 g/mol. The number of carboxylic acid groups (broad SMARTS) is 1. The van der Waals surface area contributed by atoms with E-state index in [1.165, 1.54) is 24.3 Å². The zero-order chi connectivity index (χ0) is 57.1. The Bertz CT molecular complexity index is 3040. The number of nitrogens with zero attached hydrogens (tertiary/aromatic N) is 4. The Balaban J connectivity index is 0.000000225. The minimum absolute atomic E-state index is 0.0798. The Morgan fingerprint density at radius 1 is 0.575 bits per heavy atom. The highest BCUT2D eigenvalue weighted by Gasteiger charge is 2.30. The number of carbonyl (C=O) groups excluding carboxylic acids is 3. The predicted octanol–water partition coefficient (Wildman–Crippen LogP) is 11.8. The summed E-state index contributed by atoms with van der Waals surface area (Å²) in [5, 5.41) is 27.6. The minimum atomic E-state index is -1.06. The number of amides is 3. The fourth-order valence-electron chi connectivity index (χ4n) is 10.1. The highest BCUT2D eigenvalue weighted by atomic mass is 19.1. The van der Waals surface area contributed by atoms with Gasteiger partial charge in [-0.15, -0.1) is 0 Å². The number of methoxy groups -OCH3 is 4. The van der Waals surface area contributed by atoms with Gasteiger partial charge < -0.3 is 40.0 Å². The largest absolute Gasteiger partial charge is 0.496 e. The van der Waals surface area contributed by atoms with Crippen molar-refractivity contribution in [3.8, 4) is 45.5 Å². The van der Waals surface area contributed by atoms with Crippen LogP contribution in [-0.4, -0.2) is 94.9 Å². The molecule has 16 nitrogen and oxygen atoms in total. The van der Waals surface area contributed by atoms with Crippen LogP contribution in [0.2, 0.25) is 0 Å². The van der Waals surface area contributed by atoms with Crippen molar-refractivity contribution in [2.75, 3.05) is 28.4 Å². The van der Waals surface area contributed by atoms with Crippen molar-refractivity contribution in [1.82, 2.24) is 35.5 Å². The van der Waals surface area contributed by atoms with Crippen LogP contribution >= 0.6 is 0 Å². The van der Waals surface area contributed by atoms with E-state index in [1.807, 2.05) is 59.6 Å². The molecule has 9 rings (SSSR count). The minimum Gasteiger partial charge on any atom is -0.496 e. The van der Waals surface area contributed by atoms with E-state index in [4.69, 9.17) is 24.0 Å². The van der Waals surface area contributed by atoms with Crippen molar-refractivity contribution >= 4 is 35.8 Å². The third-order valence-corrected chi connectivity index (χ3v) is 14.3. The second kappa shape index (κ2) is 29.1. The molecule has 3 amide bonds. The van der Waals surface area contributed by atoms with Gasteiger partial charge in [0.2, 0.25) is 5.91 Å². The van der Waals surface area contributed by atoms with Gasteiger partial charge in [-0.2, -0.15) is 10.2 Å². The molecule has 0 radical (unpaired) electrons. The maximum Gasteiger partial charge on any atom is 0.305 e. The predicted molar refractivity (Wildman–Crippen MR) is 304 cm³/mol. The quantitative estimate of drug-likeness (QED) is 0.0535. The number of aromatic nitrogens is 4. The molecule has 2 atom stereocenters. The summed E-state index contributed by atoms with van der Waals surface area (Å²) in [6.07, 6.45) is 17.8. The summed E-state index contributed by atoms with van der Waals surface area (Å²) in [6, 6.07) is 25.4. The van der Waals surface area contributed by atoms with Gasteiger partial charge in [0.15, 0.2) is 11.4 Å². The molecule has 3 saturated carbocycles. The molecule has 0 saturated heterocycles. The SMILES string of the molecule is CC.COc1cccc(OC)c1-c1cc(C(=O)N[C@@H](/C=C/c2ccc(F)cc2)CC(=O)NC2CCC2)nn1C1CCCC1.COc1cccc(OC)c1-c1cc(C(=O)N[C@@H](/C=C/c2ccc(F)cc2)CC(=O)O)nn1C1CCCC1. The first-order valence-electron chi connectivity index (χ1n) is 27.5. The zero-order valence-electron chi connectivity index (χ0n) is 46.4. The van der Waals surface area contributed by atoms with Gasteiger partial charge in [0.05, 0.1) is 88.0 Å². The van der Waals surface area contributed by atoms with Crippen LogP contribution in [0.15, 0.2) is 109 Å². The van der Waals surface area contributed by atoms with Gasteiger partial charge in [0.25, 0.3) is 11.8 Å². The molecule has 0 bridgehead atoms. The molecule has 0 aliphatic heterocycles. The second-order valence-electron chi connectivity index (χ2n) is 19.6. The molecule has 4 aromatic carbocycles. The van der Waals surface area contributed by atoms with E-state index in [0.29, 0.717) is 39.8 Å². The second-order valence-corrected chi connectivity index (χ2v) is 19.6. The van der Waals surface area contributed by atoms with Crippen LogP contribution < -0.4 is 34.9 Å². The normalized spacial score (nSPS) is 15.2. The van der Waals surface area contributed by atoms with E-state index < -0.39 is 24.0 Å². The van der Waals surface area contributed by atoms with Crippen molar-refractivity contribution in [3.63, 3.8) is 0 Å². The number of nitrogens with one attached hydrogen (secondary N) is 3. The third-order valence-electron chi connectivity index (χ3n) is 14.3. The molecular formula is C62H73F2N7O9. The lowest BCUT2D eigenvalue weighted by atomic mass is 9.93. The highest BCUT2D eigenvalue weighted by molar-refractivity contribution is 5.96. The van der Waals surface area contributed by atoms with Crippen LogP contribution in [-0.2, 0) is 9.59 Å². The standard InChI is InChI=1S/C32H37FN4O4.C28H30FN3O5.C2H6/c1-40-28-11-6-12-29(41-2)31(28)27-20-26(36-37(27)25-9-3-4-10-25)32(39)35-24(19-30(38)34-23-7-5-8-23)18-15-21-13-16-22(33)17-14-21;1-36-24-8-5-9-25(37-2)27(24)23-17-22(31-32(23)21-6-3-4-7-21)28(35)30-20(16-26(33)34)15-12-18-10-13-19(29)14-11-18;1-2/h6,11-18,20,23-25H,3-5,7-10,19H2,1-2H3,(H,34,38)(H,35,39);5,8-15,17,20-21H,3-4,6-7,16H2,1-2H3,(H,30,35)(H,33,34);1-2H3/b18-15+;15-12+;/t24-;20-;/m00./s1. The van der Waals surface area contributed by atoms with Gasteiger partial charge >= 0.3 is 5.97 Å². The maximum atomic E-state index is 13.6. The summed E-state index contributed by atoms with van der Waals surface area (Å²) >= 11 is 0. The molecule has 2 aromatic heterocycles. The first-order valence-corrected chi connectivity index (χ1v) is 27.5. The number of carbonyl (C=O) groups is 4. The molecular weight excluding hydrogens is 1020 g/mol. The molecule has 3 fully saturated rings. The van der Waals surface area contributed by atoms with Gasteiger partial charge in [0.1, 0.15) is 34.6 Å². The summed E-state index contributed by atoms with van der Waals surface area (Å²) in [7, 11) is 6.36. The van der Waals surface area contributed by atoms with E-state index in [2.05, 4.69) is 21.0 Å². The number of halogens is 2. The first-order chi connectivity index (χ1) is 38.8. The fraction of sp³-hybridized carbons (Fsp3) is 0.387. The van der Waals surface area contributed by atoms with Crippen molar-refractivity contribution < 1.29 is 52.0 Å². The Hall–Kier alpha value is -8.28. The van der Waals surface area contributed by atoms with Crippen LogP contribution in [0, 0.1) is 11.6 Å². The summed E-state index contributed by atoms with van der Waals surface area (Å²) in [4.78, 5) is 51.2. The number of hydrogen-bond acceptors (Lipinski definition) is 10. The Morgan fingerprint density at radius 2 is 0.950 bits per heavy atom. The summed E-state index contributed by atoms with van der Waals surface area (Å²) in [6.45, 7) is 4.00. The molecule has 6 aromatic rings. The average molecular weight is 1100 g/mol. The lowest BCUT2D eigenvalue weighted by Gasteiger charge is -2.27. The molecule has 18 heteroatoms.